The van der Waals surface area contributed by atoms with E-state index in [1.54, 1.807) is 0 Å². The summed E-state index contributed by atoms with van der Waals surface area (Å²) >= 11 is 0. The van der Waals surface area contributed by atoms with E-state index < -0.39 is 0 Å². The predicted octanol–water partition coefficient (Wildman–Crippen LogP) is 6.32. The number of unbranched alkanes of at least 4 members (excludes halogenated alkanes) is 9. The normalized spacial score (nSPS) is 14.8. The fourth-order valence-electron chi connectivity index (χ4n) is 5.91. The number of aliphatic hydroxyl groups excluding tert-OH is 1. The van der Waals surface area contributed by atoms with Gasteiger partial charge in [0, 0.05) is 45.1 Å². The maximum Gasteiger partial charge on any atom is 0.305 e. The van der Waals surface area contributed by atoms with Crippen molar-refractivity contribution in [2.45, 2.75) is 142 Å². The summed E-state index contributed by atoms with van der Waals surface area (Å²) in [4.78, 5) is 28.8. The zero-order chi connectivity index (χ0) is 29.3. The van der Waals surface area contributed by atoms with Gasteiger partial charge in [0.05, 0.1) is 13.7 Å². The Morgan fingerprint density at radius 1 is 0.825 bits per heavy atom. The van der Waals surface area contributed by atoms with Crippen LogP contribution in [0.5, 0.6) is 0 Å². The first kappa shape index (κ1) is 36.8. The highest BCUT2D eigenvalue weighted by molar-refractivity contribution is 5.75. The summed E-state index contributed by atoms with van der Waals surface area (Å²) in [5.41, 5.74) is 0. The Balaban J connectivity index is 2.28. The number of methoxy groups -OCH3 is 1. The maximum atomic E-state index is 12.3. The van der Waals surface area contributed by atoms with E-state index in [9.17, 15) is 14.7 Å². The van der Waals surface area contributed by atoms with E-state index >= 15 is 0 Å². The van der Waals surface area contributed by atoms with Crippen LogP contribution in [0, 0.1) is 5.92 Å². The summed E-state index contributed by atoms with van der Waals surface area (Å²) < 4.78 is 4.76. The molecule has 7 heteroatoms. The van der Waals surface area contributed by atoms with Gasteiger partial charge in [0.2, 0.25) is 5.91 Å². The number of carbonyl (C=O) groups excluding carboxylic acids is 2. The van der Waals surface area contributed by atoms with Gasteiger partial charge in [-0.05, 0) is 64.0 Å². The average molecular weight is 568 g/mol. The zero-order valence-electron chi connectivity index (χ0n) is 26.6. The molecular weight excluding hydrogens is 502 g/mol. The Bertz CT molecular complexity index is 613. The third-order valence-electron chi connectivity index (χ3n) is 8.59. The second-order valence-electron chi connectivity index (χ2n) is 12.2. The molecule has 0 aliphatic heterocycles. The molecule has 0 spiro atoms. The minimum atomic E-state index is -0.121. The van der Waals surface area contributed by atoms with Crippen molar-refractivity contribution in [2.24, 2.45) is 5.92 Å². The minimum Gasteiger partial charge on any atom is -0.469 e. The van der Waals surface area contributed by atoms with Gasteiger partial charge >= 0.3 is 5.97 Å². The third-order valence-corrected chi connectivity index (χ3v) is 8.59. The van der Waals surface area contributed by atoms with Gasteiger partial charge in [0.15, 0.2) is 0 Å². The van der Waals surface area contributed by atoms with Crippen LogP contribution in [0.3, 0.4) is 0 Å². The number of nitrogens with one attached hydrogen (secondary N) is 1. The summed E-state index contributed by atoms with van der Waals surface area (Å²) in [6.45, 7) is 10.4. The Hall–Kier alpha value is -1.18. The van der Waals surface area contributed by atoms with E-state index in [4.69, 9.17) is 4.74 Å². The summed E-state index contributed by atoms with van der Waals surface area (Å²) in [7, 11) is 1.45. The molecule has 1 aliphatic rings. The van der Waals surface area contributed by atoms with Crippen molar-refractivity contribution in [1.29, 1.82) is 0 Å². The number of esters is 1. The first-order valence-corrected chi connectivity index (χ1v) is 16.9. The fraction of sp³-hybridized carbons (Fsp3) is 0.939. The quantitative estimate of drug-likeness (QED) is 0.0893. The molecule has 40 heavy (non-hydrogen) atoms. The standard InChI is InChI=1S/C33H65N3O4/c1-4-5-6-7-8-11-18-30(2)29-34-32(38)21-12-9-16-23-35(24-17-10-13-22-33(39)40-3)25-26-36(27-28-37)31-19-14-15-20-31/h30-31,37H,4-29H2,1-3H3,(H,34,38). The van der Waals surface area contributed by atoms with Crippen LogP contribution in [0.1, 0.15) is 136 Å². The highest BCUT2D eigenvalue weighted by atomic mass is 16.5. The van der Waals surface area contributed by atoms with E-state index in [1.807, 2.05) is 0 Å². The molecule has 0 heterocycles. The molecule has 1 unspecified atom stereocenters. The molecular formula is C33H65N3O4. The monoisotopic (exact) mass is 567 g/mol. The van der Waals surface area contributed by atoms with E-state index in [2.05, 4.69) is 29.0 Å². The van der Waals surface area contributed by atoms with E-state index in [0.717, 1.165) is 77.8 Å². The van der Waals surface area contributed by atoms with Crippen LogP contribution < -0.4 is 5.32 Å². The van der Waals surface area contributed by atoms with Gasteiger partial charge in [0.25, 0.3) is 0 Å². The molecule has 0 aromatic rings. The molecule has 1 saturated carbocycles. The molecule has 1 atom stereocenters. The third kappa shape index (κ3) is 19.8. The average Bonchev–Trinajstić information content (AvgIpc) is 3.49. The van der Waals surface area contributed by atoms with Crippen molar-refractivity contribution in [3.63, 3.8) is 0 Å². The van der Waals surface area contributed by atoms with E-state index in [-0.39, 0.29) is 18.5 Å². The highest BCUT2D eigenvalue weighted by Crippen LogP contribution is 2.23. The van der Waals surface area contributed by atoms with Crippen LogP contribution in [0.4, 0.5) is 0 Å². The molecule has 1 amide bonds. The number of hydrogen-bond acceptors (Lipinski definition) is 6. The number of hydrogen-bond donors (Lipinski definition) is 2. The van der Waals surface area contributed by atoms with Crippen LogP contribution in [0.2, 0.25) is 0 Å². The topological polar surface area (TPSA) is 82.1 Å². The van der Waals surface area contributed by atoms with Gasteiger partial charge in [-0.1, -0.05) is 78.1 Å². The number of rotatable bonds is 27. The summed E-state index contributed by atoms with van der Waals surface area (Å²) in [5, 5.41) is 12.7. The first-order valence-electron chi connectivity index (χ1n) is 16.9. The van der Waals surface area contributed by atoms with E-state index in [0.29, 0.717) is 24.8 Å². The summed E-state index contributed by atoms with van der Waals surface area (Å²) in [6, 6.07) is 0.626. The highest BCUT2D eigenvalue weighted by Gasteiger charge is 2.22. The minimum absolute atomic E-state index is 0.121. The Morgan fingerprint density at radius 2 is 1.45 bits per heavy atom. The lowest BCUT2D eigenvalue weighted by molar-refractivity contribution is -0.140. The number of nitrogens with zero attached hydrogens (tertiary/aromatic N) is 2. The van der Waals surface area contributed by atoms with Gasteiger partial charge in [-0.15, -0.1) is 0 Å². The molecule has 0 aromatic carbocycles. The molecule has 1 fully saturated rings. The van der Waals surface area contributed by atoms with Crippen LogP contribution in [-0.2, 0) is 14.3 Å². The Morgan fingerprint density at radius 3 is 2.10 bits per heavy atom. The zero-order valence-corrected chi connectivity index (χ0v) is 26.6. The number of amides is 1. The molecule has 236 valence electrons. The molecule has 1 rings (SSSR count). The Kier molecular flexibility index (Phi) is 23.5. The second-order valence-corrected chi connectivity index (χ2v) is 12.2. The van der Waals surface area contributed by atoms with Gasteiger partial charge < -0.3 is 20.1 Å². The van der Waals surface area contributed by atoms with Crippen molar-refractivity contribution < 1.29 is 19.4 Å². The van der Waals surface area contributed by atoms with Crippen molar-refractivity contribution in [3.8, 4) is 0 Å². The maximum absolute atomic E-state index is 12.3. The summed E-state index contributed by atoms with van der Waals surface area (Å²) in [5.74, 6) is 0.642. The van der Waals surface area contributed by atoms with Gasteiger partial charge in [-0.25, -0.2) is 0 Å². The molecule has 0 radical (unpaired) electrons. The molecule has 0 saturated heterocycles. The van der Waals surface area contributed by atoms with E-state index in [1.165, 1.54) is 77.7 Å². The number of ether oxygens (including phenoxy) is 1. The Labute approximate surface area is 247 Å². The van der Waals surface area contributed by atoms with Crippen molar-refractivity contribution >= 4 is 11.9 Å². The van der Waals surface area contributed by atoms with Gasteiger partial charge in [-0.3, -0.25) is 14.5 Å². The largest absolute Gasteiger partial charge is 0.469 e. The van der Waals surface area contributed by atoms with Gasteiger partial charge in [0.1, 0.15) is 0 Å². The fourth-order valence-corrected chi connectivity index (χ4v) is 5.91. The number of aliphatic hydroxyl groups is 1. The lowest BCUT2D eigenvalue weighted by atomic mass is 10.0. The SMILES string of the molecule is CCCCCCCCC(C)CNC(=O)CCCCCN(CCCCCC(=O)OC)CCN(CCO)C1CCCC1. The van der Waals surface area contributed by atoms with Crippen molar-refractivity contribution in [3.05, 3.63) is 0 Å². The molecule has 0 bridgehead atoms. The van der Waals surface area contributed by atoms with Crippen LogP contribution in [0.25, 0.3) is 0 Å². The van der Waals surface area contributed by atoms with Crippen molar-refractivity contribution in [2.75, 3.05) is 53.0 Å². The summed E-state index contributed by atoms with van der Waals surface area (Å²) in [6.07, 6.45) is 21.6. The van der Waals surface area contributed by atoms with Crippen LogP contribution >= 0.6 is 0 Å². The second kappa shape index (κ2) is 25.5. The van der Waals surface area contributed by atoms with Gasteiger partial charge in [-0.2, -0.15) is 0 Å². The van der Waals surface area contributed by atoms with Crippen LogP contribution in [-0.4, -0.2) is 85.8 Å². The smallest absolute Gasteiger partial charge is 0.305 e. The van der Waals surface area contributed by atoms with Crippen LogP contribution in [0.15, 0.2) is 0 Å². The molecule has 7 nitrogen and oxygen atoms in total. The number of carbonyl (C=O) groups is 2. The molecule has 0 aromatic heterocycles. The first-order chi connectivity index (χ1) is 19.5. The molecule has 2 N–H and O–H groups in total. The lowest BCUT2D eigenvalue weighted by Gasteiger charge is -2.31. The lowest BCUT2D eigenvalue weighted by Crippen LogP contribution is -2.42. The van der Waals surface area contributed by atoms with Crippen molar-refractivity contribution in [1.82, 2.24) is 15.1 Å². The molecule has 1 aliphatic carbocycles. The predicted molar refractivity (Wildman–Crippen MR) is 166 cm³/mol.